The van der Waals surface area contributed by atoms with Crippen LogP contribution >= 0.6 is 11.3 Å². The van der Waals surface area contributed by atoms with Gasteiger partial charge in [-0.05, 0) is 31.6 Å². The molecule has 0 saturated heterocycles. The first kappa shape index (κ1) is 16.9. The van der Waals surface area contributed by atoms with E-state index in [0.717, 1.165) is 23.4 Å². The van der Waals surface area contributed by atoms with Gasteiger partial charge in [0.1, 0.15) is 0 Å². The molecule has 1 N–H and O–H groups in total. The SMILES string of the molecule is CCOC(=O)C1CCc2nc(NC(=O)CC(C)(C)C)sc2C1. The Kier molecular flexibility index (Phi) is 5.21. The van der Waals surface area contributed by atoms with Gasteiger partial charge in [-0.3, -0.25) is 9.59 Å². The van der Waals surface area contributed by atoms with Crippen molar-refractivity contribution in [3.05, 3.63) is 10.6 Å². The Balaban J connectivity index is 1.99. The molecular weight excluding hydrogens is 300 g/mol. The lowest BCUT2D eigenvalue weighted by Gasteiger charge is -2.18. The predicted octanol–water partition coefficient (Wildman–Crippen LogP) is 3.19. The van der Waals surface area contributed by atoms with Gasteiger partial charge in [0.15, 0.2) is 5.13 Å². The molecule has 0 saturated carbocycles. The van der Waals surface area contributed by atoms with Crippen LogP contribution in [0.4, 0.5) is 5.13 Å². The first-order chi connectivity index (χ1) is 10.3. The van der Waals surface area contributed by atoms with Crippen molar-refractivity contribution in [1.29, 1.82) is 0 Å². The fourth-order valence-electron chi connectivity index (χ4n) is 2.53. The van der Waals surface area contributed by atoms with E-state index in [0.29, 0.717) is 24.6 Å². The highest BCUT2D eigenvalue weighted by molar-refractivity contribution is 7.15. The zero-order valence-corrected chi connectivity index (χ0v) is 14.5. The third-order valence-electron chi connectivity index (χ3n) is 3.50. The van der Waals surface area contributed by atoms with Crippen molar-refractivity contribution in [2.24, 2.45) is 11.3 Å². The van der Waals surface area contributed by atoms with Gasteiger partial charge in [-0.15, -0.1) is 11.3 Å². The molecule has 1 aromatic rings. The van der Waals surface area contributed by atoms with E-state index in [1.54, 1.807) is 0 Å². The summed E-state index contributed by atoms with van der Waals surface area (Å²) in [6.07, 6.45) is 2.67. The summed E-state index contributed by atoms with van der Waals surface area (Å²) in [5, 5.41) is 3.52. The zero-order chi connectivity index (χ0) is 16.3. The lowest BCUT2D eigenvalue weighted by atomic mass is 9.91. The number of esters is 1. The van der Waals surface area contributed by atoms with Crippen molar-refractivity contribution in [3.63, 3.8) is 0 Å². The van der Waals surface area contributed by atoms with Crippen LogP contribution in [0.2, 0.25) is 0 Å². The summed E-state index contributed by atoms with van der Waals surface area (Å²) < 4.78 is 5.10. The number of hydrogen-bond donors (Lipinski definition) is 1. The molecule has 1 heterocycles. The van der Waals surface area contributed by atoms with E-state index >= 15 is 0 Å². The molecular formula is C16H24N2O3S. The third-order valence-corrected chi connectivity index (χ3v) is 4.53. The number of aryl methyl sites for hydroxylation is 1. The fraction of sp³-hybridized carbons (Fsp3) is 0.688. The van der Waals surface area contributed by atoms with E-state index in [1.807, 2.05) is 27.7 Å². The number of fused-ring (bicyclic) bond motifs is 1. The van der Waals surface area contributed by atoms with Gasteiger partial charge in [0.2, 0.25) is 5.91 Å². The molecule has 6 heteroatoms. The Bertz CT molecular complexity index is 560. The minimum Gasteiger partial charge on any atom is -0.466 e. The summed E-state index contributed by atoms with van der Waals surface area (Å²) in [4.78, 5) is 29.4. The minimum atomic E-state index is -0.125. The molecule has 2 rings (SSSR count). The number of aromatic nitrogens is 1. The van der Waals surface area contributed by atoms with Crippen LogP contribution in [0.1, 0.15) is 51.1 Å². The van der Waals surface area contributed by atoms with Crippen LogP contribution in [-0.2, 0) is 27.2 Å². The number of hydrogen-bond acceptors (Lipinski definition) is 5. The number of carbonyl (C=O) groups is 2. The highest BCUT2D eigenvalue weighted by Crippen LogP contribution is 2.33. The highest BCUT2D eigenvalue weighted by Gasteiger charge is 2.28. The molecule has 1 aliphatic carbocycles. The average Bonchev–Trinajstić information content (AvgIpc) is 2.77. The quantitative estimate of drug-likeness (QED) is 0.864. The Labute approximate surface area is 135 Å². The summed E-state index contributed by atoms with van der Waals surface area (Å²) in [5.41, 5.74) is 0.965. The molecule has 0 bridgehead atoms. The number of anilines is 1. The van der Waals surface area contributed by atoms with Crippen LogP contribution in [0, 0.1) is 11.3 Å². The molecule has 1 unspecified atom stereocenters. The summed E-state index contributed by atoms with van der Waals surface area (Å²) in [7, 11) is 0. The summed E-state index contributed by atoms with van der Waals surface area (Å²) in [6.45, 7) is 8.33. The Hall–Kier alpha value is -1.43. The largest absolute Gasteiger partial charge is 0.466 e. The second kappa shape index (κ2) is 6.77. The van der Waals surface area contributed by atoms with Crippen molar-refractivity contribution in [2.45, 2.75) is 53.4 Å². The van der Waals surface area contributed by atoms with Crippen molar-refractivity contribution >= 4 is 28.3 Å². The molecule has 1 atom stereocenters. The maximum atomic E-state index is 12.0. The Morgan fingerprint density at radius 1 is 1.41 bits per heavy atom. The van der Waals surface area contributed by atoms with Gasteiger partial charge in [0.25, 0.3) is 0 Å². The van der Waals surface area contributed by atoms with Crippen molar-refractivity contribution in [3.8, 4) is 0 Å². The third kappa shape index (κ3) is 4.53. The Morgan fingerprint density at radius 3 is 2.77 bits per heavy atom. The van der Waals surface area contributed by atoms with E-state index in [-0.39, 0.29) is 23.2 Å². The summed E-state index contributed by atoms with van der Waals surface area (Å²) in [5.74, 6) is -0.216. The van der Waals surface area contributed by atoms with E-state index in [2.05, 4.69) is 10.3 Å². The molecule has 5 nitrogen and oxygen atoms in total. The van der Waals surface area contributed by atoms with Crippen LogP contribution in [0.25, 0.3) is 0 Å². The number of carbonyl (C=O) groups excluding carboxylic acids is 2. The molecule has 1 aliphatic rings. The molecule has 1 aromatic heterocycles. The standard InChI is InChI=1S/C16H24N2O3S/c1-5-21-14(20)10-6-7-11-12(8-10)22-15(17-11)18-13(19)9-16(2,3)4/h10H,5-9H2,1-4H3,(H,17,18,19). The van der Waals surface area contributed by atoms with Gasteiger partial charge in [-0.25, -0.2) is 4.98 Å². The topological polar surface area (TPSA) is 68.3 Å². The first-order valence-corrected chi connectivity index (χ1v) is 8.55. The van der Waals surface area contributed by atoms with Gasteiger partial charge >= 0.3 is 5.97 Å². The van der Waals surface area contributed by atoms with Gasteiger partial charge < -0.3 is 10.1 Å². The first-order valence-electron chi connectivity index (χ1n) is 7.73. The maximum absolute atomic E-state index is 12.0. The van der Waals surface area contributed by atoms with Crippen LogP contribution < -0.4 is 5.32 Å². The van der Waals surface area contributed by atoms with E-state index in [1.165, 1.54) is 11.3 Å². The highest BCUT2D eigenvalue weighted by atomic mass is 32.1. The normalized spacial score (nSPS) is 17.7. The molecule has 22 heavy (non-hydrogen) atoms. The smallest absolute Gasteiger partial charge is 0.309 e. The van der Waals surface area contributed by atoms with Crippen LogP contribution in [0.5, 0.6) is 0 Å². The lowest BCUT2D eigenvalue weighted by Crippen LogP contribution is -2.24. The van der Waals surface area contributed by atoms with Crippen molar-refractivity contribution in [2.75, 3.05) is 11.9 Å². The molecule has 0 radical (unpaired) electrons. The Morgan fingerprint density at radius 2 is 2.14 bits per heavy atom. The average molecular weight is 324 g/mol. The van der Waals surface area contributed by atoms with Crippen LogP contribution in [0.3, 0.4) is 0 Å². The van der Waals surface area contributed by atoms with E-state index < -0.39 is 0 Å². The number of ether oxygens (including phenoxy) is 1. The summed E-state index contributed by atoms with van der Waals surface area (Å²) >= 11 is 1.48. The minimum absolute atomic E-state index is 0.0134. The van der Waals surface area contributed by atoms with Crippen molar-refractivity contribution < 1.29 is 14.3 Å². The second-order valence-electron chi connectivity index (χ2n) is 6.87. The fourth-order valence-corrected chi connectivity index (χ4v) is 3.64. The van der Waals surface area contributed by atoms with Gasteiger partial charge in [-0.2, -0.15) is 0 Å². The van der Waals surface area contributed by atoms with Crippen molar-refractivity contribution in [1.82, 2.24) is 4.98 Å². The maximum Gasteiger partial charge on any atom is 0.309 e. The predicted molar refractivity (Wildman–Crippen MR) is 87.0 cm³/mol. The number of nitrogens with zero attached hydrogens (tertiary/aromatic N) is 1. The number of thiazole rings is 1. The number of nitrogens with one attached hydrogen (secondary N) is 1. The monoisotopic (exact) mass is 324 g/mol. The van der Waals surface area contributed by atoms with E-state index in [4.69, 9.17) is 4.74 Å². The second-order valence-corrected chi connectivity index (χ2v) is 7.95. The zero-order valence-electron chi connectivity index (χ0n) is 13.7. The molecule has 0 aromatic carbocycles. The summed E-state index contributed by atoms with van der Waals surface area (Å²) in [6, 6.07) is 0. The molecule has 0 spiro atoms. The number of rotatable bonds is 4. The molecule has 0 fully saturated rings. The number of amides is 1. The molecule has 0 aliphatic heterocycles. The molecule has 1 amide bonds. The van der Waals surface area contributed by atoms with E-state index in [9.17, 15) is 9.59 Å². The lowest BCUT2D eigenvalue weighted by molar-refractivity contribution is -0.148. The molecule has 122 valence electrons. The van der Waals surface area contributed by atoms with Gasteiger partial charge in [-0.1, -0.05) is 20.8 Å². The van der Waals surface area contributed by atoms with Gasteiger partial charge in [0.05, 0.1) is 18.2 Å². The van der Waals surface area contributed by atoms with Crippen LogP contribution in [-0.4, -0.2) is 23.5 Å². The van der Waals surface area contributed by atoms with Gasteiger partial charge in [0, 0.05) is 11.3 Å². The van der Waals surface area contributed by atoms with Crippen LogP contribution in [0.15, 0.2) is 0 Å².